The van der Waals surface area contributed by atoms with Crippen LogP contribution in [0, 0.1) is 0 Å². The fourth-order valence-corrected chi connectivity index (χ4v) is 2.94. The van der Waals surface area contributed by atoms with E-state index in [0.29, 0.717) is 24.1 Å². The van der Waals surface area contributed by atoms with E-state index in [4.69, 9.17) is 21.3 Å². The molecule has 0 spiro atoms. The average Bonchev–Trinajstić information content (AvgIpc) is 2.70. The van der Waals surface area contributed by atoms with Gasteiger partial charge in [-0.15, -0.1) is 10.2 Å². The summed E-state index contributed by atoms with van der Waals surface area (Å²) in [4.78, 5) is 7.03. The van der Waals surface area contributed by atoms with Crippen molar-refractivity contribution in [2.75, 3.05) is 31.2 Å². The molecule has 0 aliphatic carbocycles. The van der Waals surface area contributed by atoms with Crippen LogP contribution >= 0.6 is 11.6 Å². The molecule has 4 rings (SSSR count). The lowest BCUT2D eigenvalue weighted by atomic mass is 10.1. The molecule has 5 nitrogen and oxygen atoms in total. The summed E-state index contributed by atoms with van der Waals surface area (Å²) >= 11 is 6.01. The number of hydrogen-bond donors (Lipinski definition) is 0. The van der Waals surface area contributed by atoms with Crippen molar-refractivity contribution in [1.29, 1.82) is 0 Å². The molecule has 1 fully saturated rings. The Morgan fingerprint density at radius 3 is 2.28 bits per heavy atom. The van der Waals surface area contributed by atoms with Crippen LogP contribution in [0.3, 0.4) is 0 Å². The number of anilines is 1. The predicted octanol–water partition coefficient (Wildman–Crippen LogP) is 3.70. The van der Waals surface area contributed by atoms with Gasteiger partial charge in [0.1, 0.15) is 5.69 Å². The predicted molar refractivity (Wildman–Crippen MR) is 98.7 cm³/mol. The third kappa shape index (κ3) is 3.48. The van der Waals surface area contributed by atoms with Crippen molar-refractivity contribution in [3.8, 4) is 22.6 Å². The summed E-state index contributed by atoms with van der Waals surface area (Å²) in [6.07, 6.45) is 0. The van der Waals surface area contributed by atoms with Gasteiger partial charge in [0.15, 0.2) is 11.6 Å². The van der Waals surface area contributed by atoms with Gasteiger partial charge in [-0.2, -0.15) is 0 Å². The number of hydrogen-bond acceptors (Lipinski definition) is 5. The number of morpholine rings is 1. The molecule has 1 aliphatic heterocycles. The van der Waals surface area contributed by atoms with Crippen LogP contribution in [0.4, 0.5) is 5.82 Å². The van der Waals surface area contributed by atoms with Crippen LogP contribution in [0.5, 0.6) is 0 Å². The van der Waals surface area contributed by atoms with E-state index in [1.807, 2.05) is 54.6 Å². The number of aromatic nitrogens is 3. The fraction of sp³-hybridized carbons (Fsp3) is 0.211. The van der Waals surface area contributed by atoms with Crippen molar-refractivity contribution in [3.05, 3.63) is 59.6 Å². The molecule has 1 aromatic heterocycles. The number of nitrogens with zero attached hydrogens (tertiary/aromatic N) is 4. The molecule has 0 N–H and O–H groups in total. The molecule has 6 heteroatoms. The summed E-state index contributed by atoms with van der Waals surface area (Å²) in [5.74, 6) is 1.46. The Bertz CT molecular complexity index is 849. The first kappa shape index (κ1) is 16.0. The highest BCUT2D eigenvalue weighted by atomic mass is 35.5. The van der Waals surface area contributed by atoms with E-state index in [2.05, 4.69) is 15.1 Å². The Kier molecular flexibility index (Phi) is 4.59. The third-order valence-corrected chi connectivity index (χ3v) is 4.38. The molecule has 25 heavy (non-hydrogen) atoms. The van der Waals surface area contributed by atoms with E-state index in [1.165, 1.54) is 0 Å². The van der Waals surface area contributed by atoms with Gasteiger partial charge >= 0.3 is 0 Å². The Hall–Kier alpha value is -2.50. The Balaban J connectivity index is 1.81. The summed E-state index contributed by atoms with van der Waals surface area (Å²) in [6.45, 7) is 2.94. The van der Waals surface area contributed by atoms with Crippen LogP contribution in [-0.2, 0) is 4.74 Å². The Morgan fingerprint density at radius 2 is 1.56 bits per heavy atom. The van der Waals surface area contributed by atoms with Crippen molar-refractivity contribution in [3.63, 3.8) is 0 Å². The quantitative estimate of drug-likeness (QED) is 0.719. The topological polar surface area (TPSA) is 51.1 Å². The lowest BCUT2D eigenvalue weighted by Gasteiger charge is -2.29. The SMILES string of the molecule is Clc1ccc(-c2nnc(-c3ccccc3)nc2N2CCOCC2)cc1. The molecule has 3 aromatic rings. The Labute approximate surface area is 151 Å². The highest BCUT2D eigenvalue weighted by Gasteiger charge is 2.20. The number of rotatable bonds is 3. The monoisotopic (exact) mass is 352 g/mol. The molecule has 0 saturated carbocycles. The van der Waals surface area contributed by atoms with Gasteiger partial charge in [-0.1, -0.05) is 54.1 Å². The van der Waals surface area contributed by atoms with Crippen LogP contribution in [0.1, 0.15) is 0 Å². The molecular formula is C19H17ClN4O. The average molecular weight is 353 g/mol. The van der Waals surface area contributed by atoms with Crippen molar-refractivity contribution in [2.45, 2.75) is 0 Å². The van der Waals surface area contributed by atoms with Crippen LogP contribution < -0.4 is 4.90 Å². The second-order valence-electron chi connectivity index (χ2n) is 5.78. The minimum atomic E-state index is 0.625. The zero-order chi connectivity index (χ0) is 17.1. The highest BCUT2D eigenvalue weighted by Crippen LogP contribution is 2.30. The molecule has 0 atom stereocenters. The zero-order valence-corrected chi connectivity index (χ0v) is 14.4. The number of benzene rings is 2. The van der Waals surface area contributed by atoms with Gasteiger partial charge in [-0.25, -0.2) is 4.98 Å². The van der Waals surface area contributed by atoms with E-state index in [-0.39, 0.29) is 0 Å². The van der Waals surface area contributed by atoms with Crippen LogP contribution in [0.2, 0.25) is 5.02 Å². The molecule has 1 aliphatic rings. The fourth-order valence-electron chi connectivity index (χ4n) is 2.82. The number of halogens is 1. The second kappa shape index (κ2) is 7.17. The van der Waals surface area contributed by atoms with Gasteiger partial charge in [-0.3, -0.25) is 0 Å². The van der Waals surface area contributed by atoms with Gasteiger partial charge < -0.3 is 9.64 Å². The van der Waals surface area contributed by atoms with E-state index in [0.717, 1.165) is 35.7 Å². The largest absolute Gasteiger partial charge is 0.378 e. The molecule has 0 unspecified atom stereocenters. The maximum atomic E-state index is 6.01. The number of ether oxygens (including phenoxy) is 1. The van der Waals surface area contributed by atoms with Gasteiger partial charge in [0.05, 0.1) is 13.2 Å². The molecule has 1 saturated heterocycles. The van der Waals surface area contributed by atoms with E-state index in [1.54, 1.807) is 0 Å². The summed E-state index contributed by atoms with van der Waals surface area (Å²) in [6, 6.07) is 17.5. The van der Waals surface area contributed by atoms with Gasteiger partial charge in [0.2, 0.25) is 0 Å². The highest BCUT2D eigenvalue weighted by molar-refractivity contribution is 6.30. The second-order valence-corrected chi connectivity index (χ2v) is 6.22. The first-order valence-electron chi connectivity index (χ1n) is 8.20. The Morgan fingerprint density at radius 1 is 0.840 bits per heavy atom. The standard InChI is InChI=1S/C19H17ClN4O/c20-16-8-6-14(7-9-16)17-19(24-10-12-25-13-11-24)21-18(23-22-17)15-4-2-1-3-5-15/h1-9H,10-13H2. The summed E-state index contributed by atoms with van der Waals surface area (Å²) < 4.78 is 5.47. The van der Waals surface area contributed by atoms with Crippen molar-refractivity contribution >= 4 is 17.4 Å². The van der Waals surface area contributed by atoms with Crippen LogP contribution in [0.25, 0.3) is 22.6 Å². The molecule has 2 heterocycles. The summed E-state index contributed by atoms with van der Waals surface area (Å²) in [5, 5.41) is 9.54. The van der Waals surface area contributed by atoms with E-state index >= 15 is 0 Å². The summed E-state index contributed by atoms with van der Waals surface area (Å²) in [7, 11) is 0. The van der Waals surface area contributed by atoms with Gasteiger partial charge in [0.25, 0.3) is 0 Å². The van der Waals surface area contributed by atoms with Crippen molar-refractivity contribution in [2.24, 2.45) is 0 Å². The lowest BCUT2D eigenvalue weighted by Crippen LogP contribution is -2.37. The minimum absolute atomic E-state index is 0.625. The zero-order valence-electron chi connectivity index (χ0n) is 13.6. The van der Waals surface area contributed by atoms with Crippen molar-refractivity contribution < 1.29 is 4.74 Å². The molecule has 0 radical (unpaired) electrons. The lowest BCUT2D eigenvalue weighted by molar-refractivity contribution is 0.122. The first-order valence-corrected chi connectivity index (χ1v) is 8.58. The van der Waals surface area contributed by atoms with Crippen LogP contribution in [0.15, 0.2) is 54.6 Å². The summed E-state index contributed by atoms with van der Waals surface area (Å²) in [5.41, 5.74) is 2.66. The molecule has 0 amide bonds. The molecule has 0 bridgehead atoms. The molecule has 126 valence electrons. The maximum Gasteiger partial charge on any atom is 0.183 e. The first-order chi connectivity index (χ1) is 12.3. The van der Waals surface area contributed by atoms with Crippen molar-refractivity contribution in [1.82, 2.24) is 15.2 Å². The smallest absolute Gasteiger partial charge is 0.183 e. The minimum Gasteiger partial charge on any atom is -0.378 e. The van der Waals surface area contributed by atoms with Gasteiger partial charge in [-0.05, 0) is 12.1 Å². The van der Waals surface area contributed by atoms with E-state index < -0.39 is 0 Å². The normalized spacial score (nSPS) is 14.5. The third-order valence-electron chi connectivity index (χ3n) is 4.13. The van der Waals surface area contributed by atoms with Gasteiger partial charge in [0, 0.05) is 29.2 Å². The van der Waals surface area contributed by atoms with E-state index in [9.17, 15) is 0 Å². The van der Waals surface area contributed by atoms with Crippen LogP contribution in [-0.4, -0.2) is 41.5 Å². The molecular weight excluding hydrogens is 336 g/mol. The maximum absolute atomic E-state index is 6.01. The molecule has 2 aromatic carbocycles.